The summed E-state index contributed by atoms with van der Waals surface area (Å²) < 4.78 is 10.6. The van der Waals surface area contributed by atoms with Gasteiger partial charge in [-0.2, -0.15) is 5.10 Å². The Hall–Kier alpha value is -2.94. The first-order valence-corrected chi connectivity index (χ1v) is 7.72. The summed E-state index contributed by atoms with van der Waals surface area (Å²) in [5.74, 6) is 0.861. The van der Waals surface area contributed by atoms with Crippen LogP contribution in [0.5, 0.6) is 11.5 Å². The molecule has 0 fully saturated rings. The number of aromatic nitrogens is 2. The van der Waals surface area contributed by atoms with Crippen LogP contribution in [-0.4, -0.2) is 35.8 Å². The Labute approximate surface area is 148 Å². The minimum Gasteiger partial charge on any atom is -0.497 e. The Morgan fingerprint density at radius 3 is 2.64 bits per heavy atom. The van der Waals surface area contributed by atoms with Crippen molar-refractivity contribution in [3.05, 3.63) is 50.6 Å². The van der Waals surface area contributed by atoms with E-state index in [1.165, 1.54) is 6.07 Å². The normalized spacial score (nSPS) is 11.1. The predicted octanol–water partition coefficient (Wildman–Crippen LogP) is 1.53. The number of rotatable bonds is 6. The summed E-state index contributed by atoms with van der Waals surface area (Å²) in [6.07, 6.45) is -0.0560. The molecular formula is C16H18N4O4S. The molecule has 9 heteroatoms. The lowest BCUT2D eigenvalue weighted by atomic mass is 10.1. The van der Waals surface area contributed by atoms with Gasteiger partial charge >= 0.3 is 0 Å². The highest BCUT2D eigenvalue weighted by Gasteiger charge is 2.09. The van der Waals surface area contributed by atoms with Crippen LogP contribution in [0.1, 0.15) is 18.2 Å². The second kappa shape index (κ2) is 8.25. The average molecular weight is 362 g/mol. The number of nitrogens with one attached hydrogen (secondary N) is 3. The quantitative estimate of drug-likeness (QED) is 0.410. The van der Waals surface area contributed by atoms with Gasteiger partial charge in [-0.15, -0.1) is 0 Å². The zero-order valence-electron chi connectivity index (χ0n) is 14.0. The molecule has 1 aromatic carbocycles. The number of amides is 1. The van der Waals surface area contributed by atoms with E-state index < -0.39 is 5.91 Å². The van der Waals surface area contributed by atoms with Crippen molar-refractivity contribution in [1.82, 2.24) is 15.4 Å². The van der Waals surface area contributed by atoms with Crippen LogP contribution >= 0.6 is 12.2 Å². The Morgan fingerprint density at radius 1 is 1.24 bits per heavy atom. The third kappa shape index (κ3) is 5.01. The first-order chi connectivity index (χ1) is 11.9. The van der Waals surface area contributed by atoms with Crippen LogP contribution in [0.15, 0.2) is 34.2 Å². The summed E-state index contributed by atoms with van der Waals surface area (Å²) in [5, 5.41) is 4.08. The van der Waals surface area contributed by atoms with E-state index in [-0.39, 0.29) is 16.8 Å². The second-order valence-electron chi connectivity index (χ2n) is 5.09. The molecule has 0 unspecified atom stereocenters. The Balaban J connectivity index is 2.14. The number of hydrogen-bond acceptors (Lipinski definition) is 6. The number of benzene rings is 1. The number of methoxy groups -OCH3 is 2. The van der Waals surface area contributed by atoms with E-state index in [9.17, 15) is 9.59 Å². The van der Waals surface area contributed by atoms with Gasteiger partial charge in [-0.1, -0.05) is 0 Å². The zero-order valence-corrected chi connectivity index (χ0v) is 14.8. The average Bonchev–Trinajstić information content (AvgIpc) is 2.58. The van der Waals surface area contributed by atoms with Gasteiger partial charge in [0.25, 0.3) is 5.56 Å². The summed E-state index contributed by atoms with van der Waals surface area (Å²) in [5.41, 5.74) is 3.71. The van der Waals surface area contributed by atoms with E-state index in [0.29, 0.717) is 28.5 Å². The fourth-order valence-electron chi connectivity index (χ4n) is 2.13. The molecule has 25 heavy (non-hydrogen) atoms. The smallest absolute Gasteiger partial charge is 0.251 e. The van der Waals surface area contributed by atoms with Crippen molar-refractivity contribution in [3.8, 4) is 11.5 Å². The standard InChI is InChI=1S/C16H18N4O4S/c1-9(12-8-11(23-2)4-5-13(12)24-3)19-20-15(22)7-10-6-14(21)18-16(25)17-10/h4-6,8H,7H2,1-3H3,(H,20,22)(H2,17,18,21,25)/b19-9-. The maximum absolute atomic E-state index is 12.0. The number of ether oxygens (including phenoxy) is 2. The molecule has 0 saturated heterocycles. The number of hydrazone groups is 1. The zero-order chi connectivity index (χ0) is 18.4. The minimum atomic E-state index is -0.391. The second-order valence-corrected chi connectivity index (χ2v) is 5.50. The molecule has 2 aromatic rings. The molecule has 1 aromatic heterocycles. The summed E-state index contributed by atoms with van der Waals surface area (Å²) >= 11 is 4.87. The van der Waals surface area contributed by atoms with Crippen molar-refractivity contribution in [1.29, 1.82) is 0 Å². The molecule has 8 nitrogen and oxygen atoms in total. The Bertz CT molecular complexity index is 889. The summed E-state index contributed by atoms with van der Waals surface area (Å²) in [4.78, 5) is 28.5. The van der Waals surface area contributed by atoms with Gasteiger partial charge in [0.05, 0.1) is 26.4 Å². The summed E-state index contributed by atoms with van der Waals surface area (Å²) in [7, 11) is 3.11. The van der Waals surface area contributed by atoms with E-state index in [0.717, 1.165) is 0 Å². The van der Waals surface area contributed by atoms with Crippen LogP contribution in [0.3, 0.4) is 0 Å². The number of carbonyl (C=O) groups excluding carboxylic acids is 1. The molecule has 132 valence electrons. The largest absolute Gasteiger partial charge is 0.497 e. The molecule has 0 atom stereocenters. The van der Waals surface area contributed by atoms with Crippen molar-refractivity contribution in [3.63, 3.8) is 0 Å². The lowest BCUT2D eigenvalue weighted by molar-refractivity contribution is -0.120. The third-order valence-electron chi connectivity index (χ3n) is 3.31. The van der Waals surface area contributed by atoms with Crippen LogP contribution in [-0.2, 0) is 11.2 Å². The topological polar surface area (TPSA) is 109 Å². The highest BCUT2D eigenvalue weighted by atomic mass is 32.1. The van der Waals surface area contributed by atoms with Crippen molar-refractivity contribution in [2.75, 3.05) is 14.2 Å². The van der Waals surface area contributed by atoms with Gasteiger partial charge in [0, 0.05) is 17.3 Å². The van der Waals surface area contributed by atoms with Gasteiger partial charge in [-0.05, 0) is 37.3 Å². The maximum Gasteiger partial charge on any atom is 0.251 e. The molecule has 1 heterocycles. The number of hydrogen-bond donors (Lipinski definition) is 3. The van der Waals surface area contributed by atoms with Gasteiger partial charge in [-0.25, -0.2) is 5.43 Å². The Kier molecular flexibility index (Phi) is 6.07. The minimum absolute atomic E-state index is 0.0560. The van der Waals surface area contributed by atoms with E-state index >= 15 is 0 Å². The van der Waals surface area contributed by atoms with Crippen LogP contribution < -0.4 is 20.5 Å². The molecule has 0 spiro atoms. The molecule has 2 rings (SSSR count). The lowest BCUT2D eigenvalue weighted by Gasteiger charge is -2.10. The molecule has 0 aliphatic heterocycles. The molecule has 0 aliphatic rings. The SMILES string of the molecule is COc1ccc(OC)c(/C(C)=N\NC(=O)Cc2cc(=O)[nH]c(=S)[nH]2)c1. The fraction of sp³-hybridized carbons (Fsp3) is 0.250. The number of aromatic amines is 2. The third-order valence-corrected chi connectivity index (χ3v) is 3.52. The maximum atomic E-state index is 12.0. The first kappa shape index (κ1) is 18.4. The summed E-state index contributed by atoms with van der Waals surface area (Å²) in [6.45, 7) is 1.73. The van der Waals surface area contributed by atoms with E-state index in [1.54, 1.807) is 39.3 Å². The number of carbonyl (C=O) groups is 1. The van der Waals surface area contributed by atoms with Gasteiger partial charge in [0.2, 0.25) is 5.91 Å². The molecule has 0 radical (unpaired) electrons. The number of nitrogens with zero attached hydrogens (tertiary/aromatic N) is 1. The molecular weight excluding hydrogens is 344 g/mol. The van der Waals surface area contributed by atoms with Crippen molar-refractivity contribution < 1.29 is 14.3 Å². The van der Waals surface area contributed by atoms with Crippen molar-refractivity contribution in [2.45, 2.75) is 13.3 Å². The Morgan fingerprint density at radius 2 is 2.00 bits per heavy atom. The van der Waals surface area contributed by atoms with Crippen molar-refractivity contribution in [2.24, 2.45) is 5.10 Å². The van der Waals surface area contributed by atoms with Crippen LogP contribution in [0.25, 0.3) is 0 Å². The summed E-state index contributed by atoms with van der Waals surface area (Å²) in [6, 6.07) is 6.56. The van der Waals surface area contributed by atoms with Gasteiger partial charge in [-0.3, -0.25) is 14.6 Å². The molecule has 0 saturated carbocycles. The van der Waals surface area contributed by atoms with Gasteiger partial charge < -0.3 is 14.5 Å². The highest BCUT2D eigenvalue weighted by molar-refractivity contribution is 7.71. The van der Waals surface area contributed by atoms with Crippen LogP contribution in [0.4, 0.5) is 0 Å². The van der Waals surface area contributed by atoms with Gasteiger partial charge in [0.1, 0.15) is 11.5 Å². The van der Waals surface area contributed by atoms with Crippen LogP contribution in [0.2, 0.25) is 0 Å². The molecule has 1 amide bonds. The monoisotopic (exact) mass is 362 g/mol. The molecule has 0 aliphatic carbocycles. The van der Waals surface area contributed by atoms with Crippen molar-refractivity contribution >= 4 is 23.8 Å². The highest BCUT2D eigenvalue weighted by Crippen LogP contribution is 2.24. The van der Waals surface area contributed by atoms with Gasteiger partial charge in [0.15, 0.2) is 4.77 Å². The van der Waals surface area contributed by atoms with E-state index in [2.05, 4.69) is 20.5 Å². The lowest BCUT2D eigenvalue weighted by Crippen LogP contribution is -2.23. The first-order valence-electron chi connectivity index (χ1n) is 7.31. The fourth-order valence-corrected chi connectivity index (χ4v) is 2.36. The predicted molar refractivity (Wildman–Crippen MR) is 95.9 cm³/mol. The van der Waals surface area contributed by atoms with E-state index in [1.807, 2.05) is 0 Å². The molecule has 0 bridgehead atoms. The number of H-pyrrole nitrogens is 2. The molecule has 3 N–H and O–H groups in total. The van der Waals surface area contributed by atoms with E-state index in [4.69, 9.17) is 21.7 Å². The van der Waals surface area contributed by atoms with Crippen LogP contribution in [0, 0.1) is 4.77 Å².